The second-order valence-corrected chi connectivity index (χ2v) is 10.1. The van der Waals surface area contributed by atoms with E-state index < -0.39 is 23.1 Å². The lowest BCUT2D eigenvalue weighted by atomic mass is 10.0. The first-order valence-corrected chi connectivity index (χ1v) is 12.3. The molecule has 1 fully saturated rings. The monoisotopic (exact) mass is 513 g/mol. The Labute approximate surface area is 212 Å². The molecule has 2 N–H and O–H groups in total. The molecule has 0 saturated carbocycles. The van der Waals surface area contributed by atoms with Crippen LogP contribution in [0.1, 0.15) is 35.3 Å². The van der Waals surface area contributed by atoms with Crippen LogP contribution in [0.3, 0.4) is 0 Å². The Morgan fingerprint density at radius 2 is 1.86 bits per heavy atom. The van der Waals surface area contributed by atoms with Gasteiger partial charge in [-0.3, -0.25) is 9.59 Å². The fourth-order valence-electron chi connectivity index (χ4n) is 4.76. The van der Waals surface area contributed by atoms with Crippen molar-refractivity contribution >= 4 is 28.4 Å². The van der Waals surface area contributed by atoms with Crippen molar-refractivity contribution in [3.05, 3.63) is 68.9 Å². The molecule has 0 bridgehead atoms. The average Bonchev–Trinajstić information content (AvgIpc) is 3.25. The Bertz CT molecular complexity index is 1410. The smallest absolute Gasteiger partial charge is 0.251 e. The van der Waals surface area contributed by atoms with E-state index in [4.69, 9.17) is 9.15 Å². The van der Waals surface area contributed by atoms with Crippen LogP contribution in [0, 0.1) is 11.6 Å². The molecule has 3 heterocycles. The van der Waals surface area contributed by atoms with E-state index in [0.29, 0.717) is 67.6 Å². The first kappa shape index (κ1) is 25.2. The Kier molecular flexibility index (Phi) is 6.63. The number of halogens is 2. The van der Waals surface area contributed by atoms with Gasteiger partial charge >= 0.3 is 0 Å². The van der Waals surface area contributed by atoms with Crippen LogP contribution >= 0.6 is 0 Å². The Morgan fingerprint density at radius 3 is 2.59 bits per heavy atom. The number of nitrogens with one attached hydrogen (secondary N) is 1. The van der Waals surface area contributed by atoms with Crippen LogP contribution in [0.25, 0.3) is 11.0 Å². The van der Waals surface area contributed by atoms with Gasteiger partial charge in [0, 0.05) is 67.2 Å². The zero-order chi connectivity index (χ0) is 26.3. The minimum atomic E-state index is -1.12. The van der Waals surface area contributed by atoms with Gasteiger partial charge in [0.15, 0.2) is 11.3 Å². The maximum absolute atomic E-state index is 14.4. The number of hydrogen-bond donors (Lipinski definition) is 2. The maximum atomic E-state index is 14.4. The molecule has 1 amide bonds. The zero-order valence-corrected chi connectivity index (χ0v) is 20.8. The van der Waals surface area contributed by atoms with E-state index in [0.717, 1.165) is 6.07 Å². The van der Waals surface area contributed by atoms with Gasteiger partial charge in [0.25, 0.3) is 5.91 Å². The topological polar surface area (TPSA) is 95.2 Å². The first-order chi connectivity index (χ1) is 17.6. The number of rotatable bonds is 6. The highest BCUT2D eigenvalue weighted by atomic mass is 19.1. The van der Waals surface area contributed by atoms with Crippen LogP contribution < -0.4 is 20.5 Å². The third-order valence-electron chi connectivity index (χ3n) is 6.63. The van der Waals surface area contributed by atoms with E-state index in [1.54, 1.807) is 19.9 Å². The fourth-order valence-corrected chi connectivity index (χ4v) is 4.76. The highest BCUT2D eigenvalue weighted by Gasteiger charge is 2.26. The molecular weight excluding hydrogens is 484 g/mol. The molecule has 8 nitrogen and oxygen atoms in total. The van der Waals surface area contributed by atoms with Gasteiger partial charge in [0.1, 0.15) is 17.2 Å². The second kappa shape index (κ2) is 9.75. The summed E-state index contributed by atoms with van der Waals surface area (Å²) >= 11 is 0. The van der Waals surface area contributed by atoms with Gasteiger partial charge in [-0.15, -0.1) is 0 Å². The lowest BCUT2D eigenvalue weighted by molar-refractivity contribution is 0.0694. The molecule has 2 aromatic carbocycles. The van der Waals surface area contributed by atoms with Gasteiger partial charge in [0.2, 0.25) is 0 Å². The number of morpholine rings is 1. The molecule has 10 heteroatoms. The highest BCUT2D eigenvalue weighted by Crippen LogP contribution is 2.34. The summed E-state index contributed by atoms with van der Waals surface area (Å²) in [5, 5.41) is 12.9. The summed E-state index contributed by atoms with van der Waals surface area (Å²) in [4.78, 5) is 29.9. The molecule has 1 saturated heterocycles. The number of carbonyl (C=O) groups excluding carboxylic acids is 1. The summed E-state index contributed by atoms with van der Waals surface area (Å²) in [6.45, 7) is 5.94. The van der Waals surface area contributed by atoms with Crippen molar-refractivity contribution in [3.63, 3.8) is 0 Å². The number of aliphatic hydroxyl groups is 1. The first-order valence-electron chi connectivity index (χ1n) is 12.3. The average molecular weight is 514 g/mol. The number of carbonyl (C=O) groups is 1. The van der Waals surface area contributed by atoms with E-state index >= 15 is 0 Å². The predicted molar refractivity (Wildman–Crippen MR) is 135 cm³/mol. The van der Waals surface area contributed by atoms with Gasteiger partial charge < -0.3 is 29.4 Å². The summed E-state index contributed by atoms with van der Waals surface area (Å²) in [6, 6.07) is 6.68. The molecule has 0 spiro atoms. The Hall–Kier alpha value is -3.50. The van der Waals surface area contributed by atoms with Gasteiger partial charge in [-0.05, 0) is 38.5 Å². The molecule has 3 aromatic rings. The van der Waals surface area contributed by atoms with Crippen molar-refractivity contribution in [3.8, 4) is 0 Å². The minimum Gasteiger partial charge on any atom is -0.440 e. The van der Waals surface area contributed by atoms with Crippen molar-refractivity contribution in [2.75, 3.05) is 49.2 Å². The molecule has 5 rings (SSSR count). The maximum Gasteiger partial charge on any atom is 0.251 e. The Balaban J connectivity index is 1.58. The van der Waals surface area contributed by atoms with E-state index in [1.165, 1.54) is 18.2 Å². The third kappa shape index (κ3) is 5.30. The second-order valence-electron chi connectivity index (χ2n) is 10.1. The van der Waals surface area contributed by atoms with E-state index in [-0.39, 0.29) is 29.5 Å². The molecule has 37 heavy (non-hydrogen) atoms. The minimum absolute atomic E-state index is 0.0157. The van der Waals surface area contributed by atoms with Crippen LogP contribution in [-0.2, 0) is 17.7 Å². The molecule has 0 atom stereocenters. The van der Waals surface area contributed by atoms with E-state index in [1.807, 2.05) is 9.80 Å². The van der Waals surface area contributed by atoms with E-state index in [9.17, 15) is 23.5 Å². The van der Waals surface area contributed by atoms with Crippen LogP contribution in [0.2, 0.25) is 0 Å². The quantitative estimate of drug-likeness (QED) is 0.523. The van der Waals surface area contributed by atoms with Gasteiger partial charge in [0.05, 0.1) is 24.2 Å². The van der Waals surface area contributed by atoms with Crippen molar-refractivity contribution in [1.82, 2.24) is 5.32 Å². The fraction of sp³-hybridized carbons (Fsp3) is 0.407. The summed E-state index contributed by atoms with van der Waals surface area (Å²) in [5.74, 6) is -1.32. The SMILES string of the molecule is CC(C)(O)CNC(=O)c1cc(CN2CCc3c(F)cc(F)cc32)c2oc(N3CCOCC3)cc(=O)c2c1. The molecular formula is C27H29F2N3O5. The largest absolute Gasteiger partial charge is 0.440 e. The lowest BCUT2D eigenvalue weighted by Gasteiger charge is -2.27. The molecule has 1 aromatic heterocycles. The summed E-state index contributed by atoms with van der Waals surface area (Å²) in [7, 11) is 0. The predicted octanol–water partition coefficient (Wildman–Crippen LogP) is 2.97. The molecule has 196 valence electrons. The zero-order valence-electron chi connectivity index (χ0n) is 20.8. The van der Waals surface area contributed by atoms with Gasteiger partial charge in [-0.1, -0.05) is 0 Å². The molecule has 2 aliphatic rings. The molecule has 0 unspecified atom stereocenters. The van der Waals surface area contributed by atoms with Crippen molar-refractivity contribution in [2.45, 2.75) is 32.4 Å². The van der Waals surface area contributed by atoms with Crippen molar-refractivity contribution in [1.29, 1.82) is 0 Å². The molecule has 0 radical (unpaired) electrons. The van der Waals surface area contributed by atoms with Gasteiger partial charge in [-0.25, -0.2) is 8.78 Å². The summed E-state index contributed by atoms with van der Waals surface area (Å²) < 4.78 is 40.0. The number of nitrogens with zero attached hydrogens (tertiary/aromatic N) is 2. The number of hydrogen-bond acceptors (Lipinski definition) is 7. The lowest BCUT2D eigenvalue weighted by Crippen LogP contribution is -2.38. The molecule has 0 aliphatic carbocycles. The van der Waals surface area contributed by atoms with Gasteiger partial charge in [-0.2, -0.15) is 0 Å². The number of ether oxygens (including phenoxy) is 1. The number of fused-ring (bicyclic) bond motifs is 2. The number of benzene rings is 2. The van der Waals surface area contributed by atoms with Crippen LogP contribution in [-0.4, -0.2) is 56.0 Å². The standard InChI is InChI=1S/C27H29F2N3O5/c1-27(2,35)15-30-26(34)16-9-17(14-32-4-3-19-21(29)11-18(28)12-22(19)32)25-20(10-16)23(33)13-24(37-25)31-5-7-36-8-6-31/h9-13,35H,3-8,14-15H2,1-2H3,(H,30,34). The molecule has 2 aliphatic heterocycles. The van der Waals surface area contributed by atoms with Crippen LogP contribution in [0.4, 0.5) is 20.4 Å². The number of anilines is 2. The Morgan fingerprint density at radius 1 is 1.11 bits per heavy atom. The van der Waals surface area contributed by atoms with Crippen LogP contribution in [0.15, 0.2) is 39.5 Å². The normalized spacial score (nSPS) is 15.8. The highest BCUT2D eigenvalue weighted by molar-refractivity contribution is 5.98. The van der Waals surface area contributed by atoms with Crippen molar-refractivity contribution < 1.29 is 27.8 Å². The van der Waals surface area contributed by atoms with Crippen molar-refractivity contribution in [2.24, 2.45) is 0 Å². The summed E-state index contributed by atoms with van der Waals surface area (Å²) in [6.07, 6.45) is 0.411. The third-order valence-corrected chi connectivity index (χ3v) is 6.63. The number of amides is 1. The summed E-state index contributed by atoms with van der Waals surface area (Å²) in [5.41, 5.74) is 0.529. The van der Waals surface area contributed by atoms with E-state index in [2.05, 4.69) is 5.32 Å². The van der Waals surface area contributed by atoms with Crippen LogP contribution in [0.5, 0.6) is 0 Å².